The minimum Gasteiger partial charge on any atom is -0.480 e. The molecular formula is C9H15NO6S. The van der Waals surface area contributed by atoms with Gasteiger partial charge in [-0.15, -0.1) is 0 Å². The standard InChI is InChI=1S/C9H15NO6S/c1-5(17(2,15)16)8(12)10-4-6(11)3-7(10)9(13)14/h5-7,11H,3-4H2,1-2H3,(H,13,14)/t5?,6?,7-/m0/s1. The van der Waals surface area contributed by atoms with Crippen LogP contribution in [-0.4, -0.2) is 65.6 Å². The summed E-state index contributed by atoms with van der Waals surface area (Å²) in [5, 5.41) is 16.9. The first-order valence-corrected chi connectivity index (χ1v) is 7.00. The van der Waals surface area contributed by atoms with E-state index in [2.05, 4.69) is 0 Å². The van der Waals surface area contributed by atoms with Crippen molar-refractivity contribution in [2.75, 3.05) is 12.8 Å². The number of carbonyl (C=O) groups is 2. The van der Waals surface area contributed by atoms with E-state index in [1.54, 1.807) is 0 Å². The van der Waals surface area contributed by atoms with Crippen LogP contribution in [0.5, 0.6) is 0 Å². The minimum atomic E-state index is -3.57. The molecule has 1 rings (SSSR count). The van der Waals surface area contributed by atoms with Gasteiger partial charge in [-0.1, -0.05) is 0 Å². The number of likely N-dealkylation sites (tertiary alicyclic amines) is 1. The van der Waals surface area contributed by atoms with E-state index in [1.165, 1.54) is 6.92 Å². The van der Waals surface area contributed by atoms with E-state index in [-0.39, 0.29) is 13.0 Å². The molecule has 0 aliphatic carbocycles. The molecule has 0 spiro atoms. The van der Waals surface area contributed by atoms with E-state index in [0.717, 1.165) is 11.2 Å². The lowest BCUT2D eigenvalue weighted by Gasteiger charge is -2.23. The second kappa shape index (κ2) is 4.61. The summed E-state index contributed by atoms with van der Waals surface area (Å²) in [4.78, 5) is 23.6. The normalized spacial score (nSPS) is 26.9. The fourth-order valence-corrected chi connectivity index (χ4v) is 2.21. The predicted octanol–water partition coefficient (Wildman–Crippen LogP) is -1.53. The quantitative estimate of drug-likeness (QED) is 0.640. The van der Waals surface area contributed by atoms with Gasteiger partial charge in [0, 0.05) is 19.2 Å². The second-order valence-corrected chi connectivity index (χ2v) is 6.57. The van der Waals surface area contributed by atoms with Crippen molar-refractivity contribution in [1.82, 2.24) is 4.90 Å². The van der Waals surface area contributed by atoms with Crippen LogP contribution in [0.3, 0.4) is 0 Å². The number of aliphatic hydroxyl groups is 1. The molecule has 1 saturated heterocycles. The fourth-order valence-electron chi connectivity index (χ4n) is 1.71. The number of rotatable bonds is 3. The van der Waals surface area contributed by atoms with E-state index in [1.807, 2.05) is 0 Å². The number of amides is 1. The maximum absolute atomic E-state index is 11.8. The van der Waals surface area contributed by atoms with Gasteiger partial charge in [0.1, 0.15) is 11.3 Å². The smallest absolute Gasteiger partial charge is 0.326 e. The fraction of sp³-hybridized carbons (Fsp3) is 0.778. The molecule has 7 nitrogen and oxygen atoms in total. The number of carboxylic acid groups (broad SMARTS) is 1. The maximum Gasteiger partial charge on any atom is 0.326 e. The van der Waals surface area contributed by atoms with Gasteiger partial charge in [0.05, 0.1) is 6.10 Å². The Bertz CT molecular complexity index is 431. The molecule has 2 unspecified atom stereocenters. The molecule has 1 aliphatic rings. The lowest BCUT2D eigenvalue weighted by atomic mass is 10.2. The van der Waals surface area contributed by atoms with Crippen molar-refractivity contribution in [3.05, 3.63) is 0 Å². The van der Waals surface area contributed by atoms with Crippen LogP contribution in [0.1, 0.15) is 13.3 Å². The molecule has 8 heteroatoms. The number of sulfone groups is 1. The monoisotopic (exact) mass is 265 g/mol. The third-order valence-electron chi connectivity index (χ3n) is 2.84. The number of aliphatic hydroxyl groups excluding tert-OH is 1. The molecule has 1 amide bonds. The molecular weight excluding hydrogens is 250 g/mol. The van der Waals surface area contributed by atoms with Crippen LogP contribution in [-0.2, 0) is 19.4 Å². The zero-order valence-electron chi connectivity index (χ0n) is 9.53. The van der Waals surface area contributed by atoms with Gasteiger partial charge < -0.3 is 15.1 Å². The van der Waals surface area contributed by atoms with E-state index >= 15 is 0 Å². The molecule has 0 saturated carbocycles. The predicted molar refractivity (Wildman–Crippen MR) is 58.1 cm³/mol. The van der Waals surface area contributed by atoms with Crippen LogP contribution in [0.15, 0.2) is 0 Å². The Morgan fingerprint density at radius 3 is 2.35 bits per heavy atom. The van der Waals surface area contributed by atoms with Crippen LogP contribution in [0.2, 0.25) is 0 Å². The Morgan fingerprint density at radius 1 is 1.41 bits per heavy atom. The molecule has 17 heavy (non-hydrogen) atoms. The van der Waals surface area contributed by atoms with E-state index in [4.69, 9.17) is 5.11 Å². The van der Waals surface area contributed by atoms with Gasteiger partial charge in [-0.05, 0) is 6.92 Å². The Balaban J connectivity index is 2.92. The molecule has 0 aromatic rings. The van der Waals surface area contributed by atoms with Crippen molar-refractivity contribution in [3.8, 4) is 0 Å². The molecule has 1 fully saturated rings. The third kappa shape index (κ3) is 2.95. The third-order valence-corrected chi connectivity index (χ3v) is 4.32. The Morgan fingerprint density at radius 2 is 1.94 bits per heavy atom. The molecule has 1 aliphatic heterocycles. The molecule has 3 atom stereocenters. The average Bonchev–Trinajstić information content (AvgIpc) is 2.56. The van der Waals surface area contributed by atoms with E-state index in [9.17, 15) is 23.1 Å². The molecule has 0 aromatic heterocycles. The van der Waals surface area contributed by atoms with Crippen molar-refractivity contribution < 1.29 is 28.2 Å². The summed E-state index contributed by atoms with van der Waals surface area (Å²) in [6, 6.07) is -1.15. The van der Waals surface area contributed by atoms with Gasteiger partial charge >= 0.3 is 5.97 Å². The largest absolute Gasteiger partial charge is 0.480 e. The topological polar surface area (TPSA) is 112 Å². The number of nitrogens with zero attached hydrogens (tertiary/aromatic N) is 1. The molecule has 1 heterocycles. The van der Waals surface area contributed by atoms with Crippen LogP contribution in [0, 0.1) is 0 Å². The Hall–Kier alpha value is -1.15. The summed E-state index contributed by atoms with van der Waals surface area (Å²) in [6.07, 6.45) is -0.0816. The SMILES string of the molecule is CC(C(=O)N1CC(O)C[C@H]1C(=O)O)S(C)(=O)=O. The number of carbonyl (C=O) groups excluding carboxylic acids is 1. The van der Waals surface area contributed by atoms with Gasteiger partial charge in [0.15, 0.2) is 9.84 Å². The first-order chi connectivity index (χ1) is 7.64. The number of hydrogen-bond acceptors (Lipinski definition) is 5. The summed E-state index contributed by atoms with van der Waals surface area (Å²) in [5.74, 6) is -2.02. The van der Waals surface area contributed by atoms with Crippen molar-refractivity contribution in [1.29, 1.82) is 0 Å². The van der Waals surface area contributed by atoms with Gasteiger partial charge in [0.25, 0.3) is 0 Å². The summed E-state index contributed by atoms with van der Waals surface area (Å²) < 4.78 is 22.5. The first kappa shape index (κ1) is 13.9. The van der Waals surface area contributed by atoms with Gasteiger partial charge in [-0.3, -0.25) is 4.79 Å². The highest BCUT2D eigenvalue weighted by Crippen LogP contribution is 2.20. The van der Waals surface area contributed by atoms with E-state index < -0.39 is 39.1 Å². The van der Waals surface area contributed by atoms with Crippen molar-refractivity contribution in [2.24, 2.45) is 0 Å². The molecule has 2 N–H and O–H groups in total. The average molecular weight is 265 g/mol. The molecule has 0 aromatic carbocycles. The van der Waals surface area contributed by atoms with Crippen LogP contribution < -0.4 is 0 Å². The number of carboxylic acids is 1. The van der Waals surface area contributed by atoms with Crippen LogP contribution in [0.25, 0.3) is 0 Å². The highest BCUT2D eigenvalue weighted by atomic mass is 32.2. The Labute approximate surface area is 98.9 Å². The summed E-state index contributed by atoms with van der Waals surface area (Å²) in [7, 11) is -3.57. The molecule has 0 bridgehead atoms. The highest BCUT2D eigenvalue weighted by Gasteiger charge is 2.42. The number of hydrogen-bond donors (Lipinski definition) is 2. The van der Waals surface area contributed by atoms with E-state index in [0.29, 0.717) is 0 Å². The number of aliphatic carboxylic acids is 1. The minimum absolute atomic E-state index is 0.0719. The van der Waals surface area contributed by atoms with Gasteiger partial charge in [-0.2, -0.15) is 0 Å². The maximum atomic E-state index is 11.8. The first-order valence-electron chi connectivity index (χ1n) is 5.04. The highest BCUT2D eigenvalue weighted by molar-refractivity contribution is 7.92. The number of β-amino-alcohol motifs (C(OH)–C–C–N with tert-alkyl or cyclic N) is 1. The van der Waals surface area contributed by atoms with Gasteiger partial charge in [0.2, 0.25) is 5.91 Å². The Kier molecular flexibility index (Phi) is 3.78. The van der Waals surface area contributed by atoms with Gasteiger partial charge in [-0.25, -0.2) is 13.2 Å². The van der Waals surface area contributed by atoms with Crippen molar-refractivity contribution in [2.45, 2.75) is 30.7 Å². The van der Waals surface area contributed by atoms with Crippen molar-refractivity contribution >= 4 is 21.7 Å². The zero-order valence-corrected chi connectivity index (χ0v) is 10.3. The molecule has 98 valence electrons. The zero-order chi connectivity index (χ0) is 13.4. The van der Waals surface area contributed by atoms with Crippen molar-refractivity contribution in [3.63, 3.8) is 0 Å². The molecule has 0 radical (unpaired) electrons. The van der Waals surface area contributed by atoms with Crippen LogP contribution in [0.4, 0.5) is 0 Å². The van der Waals surface area contributed by atoms with Crippen LogP contribution >= 0.6 is 0 Å². The summed E-state index contributed by atoms with van der Waals surface area (Å²) >= 11 is 0. The lowest BCUT2D eigenvalue weighted by molar-refractivity contribution is -0.147. The second-order valence-electron chi connectivity index (χ2n) is 4.21. The lowest BCUT2D eigenvalue weighted by Crippen LogP contribution is -2.46. The summed E-state index contributed by atoms with van der Waals surface area (Å²) in [6.45, 7) is 1.07. The summed E-state index contributed by atoms with van der Waals surface area (Å²) in [5.41, 5.74) is 0.